The lowest BCUT2D eigenvalue weighted by atomic mass is 10.2. The van der Waals surface area contributed by atoms with Crippen molar-refractivity contribution in [3.05, 3.63) is 23.8 Å². The van der Waals surface area contributed by atoms with E-state index >= 15 is 0 Å². The zero-order valence-electron chi connectivity index (χ0n) is 16.8. The largest absolute Gasteiger partial charge is 0.507 e. The Labute approximate surface area is 174 Å². The summed E-state index contributed by atoms with van der Waals surface area (Å²) in [6.45, 7) is 5.40. The summed E-state index contributed by atoms with van der Waals surface area (Å²) in [6, 6.07) is 4.91. The van der Waals surface area contributed by atoms with E-state index in [1.54, 1.807) is 25.3 Å². The number of hydrogen-bond donors (Lipinski definition) is 2. The molecule has 11 nitrogen and oxygen atoms in total. The molecule has 30 heavy (non-hydrogen) atoms. The molecule has 2 saturated heterocycles. The maximum absolute atomic E-state index is 10.0. The highest BCUT2D eigenvalue weighted by atomic mass is 16.5. The van der Waals surface area contributed by atoms with Crippen molar-refractivity contribution in [3.63, 3.8) is 0 Å². The fourth-order valence-corrected chi connectivity index (χ4v) is 3.14. The second-order valence-corrected chi connectivity index (χ2v) is 6.75. The van der Waals surface area contributed by atoms with Crippen LogP contribution < -0.4 is 20.0 Å². The molecule has 0 unspecified atom stereocenters. The van der Waals surface area contributed by atoms with Crippen LogP contribution in [0.15, 0.2) is 23.3 Å². The number of rotatable bonds is 6. The average Bonchev–Trinajstić information content (AvgIpc) is 2.81. The highest BCUT2D eigenvalue weighted by Crippen LogP contribution is 2.22. The number of methoxy groups -OCH3 is 1. The Morgan fingerprint density at radius 3 is 2.17 bits per heavy atom. The number of ether oxygens (including phenoxy) is 3. The molecule has 0 radical (unpaired) electrons. The molecule has 0 spiro atoms. The summed E-state index contributed by atoms with van der Waals surface area (Å²) in [4.78, 5) is 17.8. The number of morpholine rings is 2. The zero-order valence-corrected chi connectivity index (χ0v) is 16.8. The van der Waals surface area contributed by atoms with Crippen LogP contribution in [0.4, 0.5) is 17.8 Å². The van der Waals surface area contributed by atoms with Gasteiger partial charge in [-0.2, -0.15) is 20.1 Å². The number of nitrogens with zero attached hydrogens (tertiary/aromatic N) is 6. The molecular weight excluding hydrogens is 390 g/mol. The number of phenolic OH excluding ortho intramolecular Hbond substituents is 1. The lowest BCUT2D eigenvalue weighted by molar-refractivity contribution is 0.121. The van der Waals surface area contributed by atoms with E-state index in [1.807, 2.05) is 0 Å². The van der Waals surface area contributed by atoms with Crippen molar-refractivity contribution in [2.24, 2.45) is 5.10 Å². The van der Waals surface area contributed by atoms with Crippen molar-refractivity contribution in [2.45, 2.75) is 0 Å². The SMILES string of the molecule is COc1ccc(O)c(C=NNc2nc(N3CCOCC3)nc(N3CCOCC3)n2)c1. The molecule has 3 heterocycles. The van der Waals surface area contributed by atoms with Gasteiger partial charge in [0.1, 0.15) is 11.5 Å². The third-order valence-corrected chi connectivity index (χ3v) is 4.80. The van der Waals surface area contributed by atoms with Crippen LogP contribution in [0.2, 0.25) is 0 Å². The lowest BCUT2D eigenvalue weighted by Gasteiger charge is -2.30. The molecule has 11 heteroatoms. The van der Waals surface area contributed by atoms with Crippen molar-refractivity contribution in [1.82, 2.24) is 15.0 Å². The average molecular weight is 415 g/mol. The second kappa shape index (κ2) is 9.55. The topological polar surface area (TPSA) is 117 Å². The predicted molar refractivity (Wildman–Crippen MR) is 112 cm³/mol. The smallest absolute Gasteiger partial charge is 0.250 e. The molecule has 4 rings (SSSR count). The number of hydrazone groups is 1. The fourth-order valence-electron chi connectivity index (χ4n) is 3.14. The maximum Gasteiger partial charge on any atom is 0.250 e. The first-order valence-electron chi connectivity index (χ1n) is 9.80. The van der Waals surface area contributed by atoms with Gasteiger partial charge in [-0.25, -0.2) is 5.43 Å². The van der Waals surface area contributed by atoms with Gasteiger partial charge in [0, 0.05) is 31.7 Å². The molecule has 0 amide bonds. The van der Waals surface area contributed by atoms with Crippen LogP contribution in [0.1, 0.15) is 5.56 Å². The third kappa shape index (κ3) is 4.86. The number of benzene rings is 1. The van der Waals surface area contributed by atoms with Gasteiger partial charge >= 0.3 is 0 Å². The Hall–Kier alpha value is -3.18. The molecule has 160 valence electrons. The maximum atomic E-state index is 10.0. The summed E-state index contributed by atoms with van der Waals surface area (Å²) < 4.78 is 16.0. The minimum Gasteiger partial charge on any atom is -0.507 e. The molecule has 0 bridgehead atoms. The predicted octanol–water partition coefficient (Wildman–Crippen LogP) is 0.705. The quantitative estimate of drug-likeness (QED) is 0.516. The lowest BCUT2D eigenvalue weighted by Crippen LogP contribution is -2.40. The summed E-state index contributed by atoms with van der Waals surface area (Å²) in [5.74, 6) is 2.21. The number of anilines is 3. The monoisotopic (exact) mass is 415 g/mol. The van der Waals surface area contributed by atoms with Crippen molar-refractivity contribution in [3.8, 4) is 11.5 Å². The van der Waals surface area contributed by atoms with Crippen molar-refractivity contribution >= 4 is 24.1 Å². The molecule has 2 N–H and O–H groups in total. The standard InChI is InChI=1S/C19H25N7O4/c1-28-15-2-3-16(27)14(12-15)13-20-24-17-21-18(25-4-8-29-9-5-25)23-19(22-17)26-6-10-30-11-7-26/h2-3,12-13,27H,4-11H2,1H3,(H,21,22,23,24). The van der Waals surface area contributed by atoms with E-state index in [9.17, 15) is 5.11 Å². The number of hydrogen-bond acceptors (Lipinski definition) is 11. The van der Waals surface area contributed by atoms with Crippen molar-refractivity contribution in [1.29, 1.82) is 0 Å². The van der Waals surface area contributed by atoms with E-state index in [0.717, 1.165) is 0 Å². The van der Waals surface area contributed by atoms with Gasteiger partial charge in [0.15, 0.2) is 0 Å². The van der Waals surface area contributed by atoms with Crippen LogP contribution >= 0.6 is 0 Å². The van der Waals surface area contributed by atoms with Gasteiger partial charge in [-0.15, -0.1) is 0 Å². The first-order valence-corrected chi connectivity index (χ1v) is 9.80. The van der Waals surface area contributed by atoms with Crippen LogP contribution in [0.3, 0.4) is 0 Å². The van der Waals surface area contributed by atoms with Crippen molar-refractivity contribution < 1.29 is 19.3 Å². The first-order chi connectivity index (χ1) is 14.7. The van der Waals surface area contributed by atoms with E-state index in [-0.39, 0.29) is 5.75 Å². The summed E-state index contributed by atoms with van der Waals surface area (Å²) in [5, 5.41) is 14.2. The van der Waals surface area contributed by atoms with Crippen LogP contribution in [-0.2, 0) is 9.47 Å². The van der Waals surface area contributed by atoms with Crippen LogP contribution in [0.25, 0.3) is 0 Å². The zero-order chi connectivity index (χ0) is 20.8. The van der Waals surface area contributed by atoms with Crippen LogP contribution in [0.5, 0.6) is 11.5 Å². The molecule has 0 aliphatic carbocycles. The molecule has 0 atom stereocenters. The Morgan fingerprint density at radius 1 is 1.00 bits per heavy atom. The first kappa shape index (κ1) is 20.1. The van der Waals surface area contributed by atoms with E-state index in [4.69, 9.17) is 14.2 Å². The van der Waals surface area contributed by atoms with Gasteiger partial charge in [-0.1, -0.05) is 0 Å². The fraction of sp³-hybridized carbons (Fsp3) is 0.474. The molecule has 1 aromatic heterocycles. The Kier molecular flexibility index (Phi) is 6.40. The molecule has 2 aliphatic heterocycles. The molecular formula is C19H25N7O4. The van der Waals surface area contributed by atoms with E-state index in [1.165, 1.54) is 6.21 Å². The molecule has 2 aliphatic rings. The Morgan fingerprint density at radius 2 is 1.60 bits per heavy atom. The van der Waals surface area contributed by atoms with Gasteiger partial charge < -0.3 is 29.1 Å². The summed E-state index contributed by atoms with van der Waals surface area (Å²) >= 11 is 0. The summed E-state index contributed by atoms with van der Waals surface area (Å²) in [7, 11) is 1.57. The molecule has 0 saturated carbocycles. The Bertz CT molecular complexity index is 847. The van der Waals surface area contributed by atoms with E-state index < -0.39 is 0 Å². The van der Waals surface area contributed by atoms with Gasteiger partial charge in [0.2, 0.25) is 17.8 Å². The highest BCUT2D eigenvalue weighted by molar-refractivity contribution is 5.84. The minimum atomic E-state index is 0.0972. The van der Waals surface area contributed by atoms with Crippen LogP contribution in [0, 0.1) is 0 Å². The normalized spacial score (nSPS) is 17.4. The number of aromatic nitrogens is 3. The van der Waals surface area contributed by atoms with Crippen LogP contribution in [-0.4, -0.2) is 86.0 Å². The van der Waals surface area contributed by atoms with Crippen molar-refractivity contribution in [2.75, 3.05) is 74.9 Å². The number of phenols is 1. The second-order valence-electron chi connectivity index (χ2n) is 6.75. The number of aromatic hydroxyl groups is 1. The van der Waals surface area contributed by atoms with E-state index in [2.05, 4.69) is 35.3 Å². The van der Waals surface area contributed by atoms with Gasteiger partial charge in [0.25, 0.3) is 0 Å². The number of nitrogens with one attached hydrogen (secondary N) is 1. The van der Waals surface area contributed by atoms with Gasteiger partial charge in [-0.05, 0) is 18.2 Å². The summed E-state index contributed by atoms with van der Waals surface area (Å²) in [6.07, 6.45) is 1.49. The van der Waals surface area contributed by atoms with E-state index in [0.29, 0.717) is 81.8 Å². The highest BCUT2D eigenvalue weighted by Gasteiger charge is 2.20. The molecule has 1 aromatic carbocycles. The Balaban J connectivity index is 1.56. The minimum absolute atomic E-state index is 0.0972. The molecule has 2 fully saturated rings. The van der Waals surface area contributed by atoms with Gasteiger partial charge in [0.05, 0.1) is 39.8 Å². The molecule has 2 aromatic rings. The van der Waals surface area contributed by atoms with Gasteiger partial charge in [-0.3, -0.25) is 0 Å². The summed E-state index contributed by atoms with van der Waals surface area (Å²) in [5.41, 5.74) is 3.37. The third-order valence-electron chi connectivity index (χ3n) is 4.80.